The average Bonchev–Trinajstić information content (AvgIpc) is 2.88. The van der Waals surface area contributed by atoms with E-state index in [-0.39, 0.29) is 11.8 Å². The van der Waals surface area contributed by atoms with Crippen LogP contribution < -0.4 is 0 Å². The zero-order valence-corrected chi connectivity index (χ0v) is 15.6. The number of nitrogens with zero attached hydrogens (tertiary/aromatic N) is 2. The van der Waals surface area contributed by atoms with Crippen molar-refractivity contribution < 1.29 is 9.59 Å². The van der Waals surface area contributed by atoms with Crippen LogP contribution in [0.3, 0.4) is 0 Å². The van der Waals surface area contributed by atoms with E-state index in [9.17, 15) is 9.59 Å². The lowest BCUT2D eigenvalue weighted by atomic mass is 10.0. The summed E-state index contributed by atoms with van der Waals surface area (Å²) in [6.45, 7) is 7.00. The van der Waals surface area contributed by atoms with E-state index >= 15 is 0 Å². The van der Waals surface area contributed by atoms with Gasteiger partial charge in [-0.3, -0.25) is 9.59 Å². The molecule has 1 heterocycles. The largest absolute Gasteiger partial charge is 0.341 e. The molecule has 3 rings (SSSR count). The van der Waals surface area contributed by atoms with Crippen molar-refractivity contribution in [2.75, 3.05) is 26.2 Å². The summed E-state index contributed by atoms with van der Waals surface area (Å²) in [6.07, 6.45) is 5.51. The molecule has 0 spiro atoms. The topological polar surface area (TPSA) is 40.6 Å². The third-order valence-corrected chi connectivity index (χ3v) is 5.30. The number of fused-ring (bicyclic) bond motifs is 1. The van der Waals surface area contributed by atoms with Crippen LogP contribution in [0.15, 0.2) is 18.2 Å². The molecule has 1 aromatic rings. The Morgan fingerprint density at radius 1 is 0.920 bits per heavy atom. The fourth-order valence-corrected chi connectivity index (χ4v) is 3.92. The van der Waals surface area contributed by atoms with E-state index in [2.05, 4.69) is 32.0 Å². The minimum atomic E-state index is 0.191. The van der Waals surface area contributed by atoms with Gasteiger partial charge in [0.05, 0.1) is 6.42 Å². The number of aryl methyl sites for hydroxylation is 2. The maximum atomic E-state index is 12.7. The van der Waals surface area contributed by atoms with Crippen molar-refractivity contribution in [3.63, 3.8) is 0 Å². The van der Waals surface area contributed by atoms with Crippen molar-refractivity contribution in [3.05, 3.63) is 34.9 Å². The Balaban J connectivity index is 1.55. The van der Waals surface area contributed by atoms with E-state index in [0.29, 0.717) is 31.8 Å². The van der Waals surface area contributed by atoms with Crippen LogP contribution in [0.2, 0.25) is 0 Å². The molecule has 0 N–H and O–H groups in total. The van der Waals surface area contributed by atoms with Crippen LogP contribution in [0.1, 0.15) is 49.8 Å². The van der Waals surface area contributed by atoms with Crippen LogP contribution in [-0.2, 0) is 28.9 Å². The molecule has 1 aromatic carbocycles. The minimum Gasteiger partial charge on any atom is -0.341 e. The predicted octanol–water partition coefficient (Wildman–Crippen LogP) is 2.82. The summed E-state index contributed by atoms with van der Waals surface area (Å²) in [6, 6.07) is 6.52. The van der Waals surface area contributed by atoms with Gasteiger partial charge in [0.15, 0.2) is 0 Å². The molecule has 136 valence electrons. The molecule has 4 heteroatoms. The molecule has 4 nitrogen and oxygen atoms in total. The maximum absolute atomic E-state index is 12.7. The first-order valence-corrected chi connectivity index (χ1v) is 9.69. The first-order chi connectivity index (χ1) is 12.0. The molecular formula is C21H30N2O2. The van der Waals surface area contributed by atoms with Crippen LogP contribution in [0.4, 0.5) is 0 Å². The Kier molecular flexibility index (Phi) is 5.77. The number of rotatable bonds is 4. The molecule has 0 aromatic heterocycles. The van der Waals surface area contributed by atoms with Gasteiger partial charge in [-0.1, -0.05) is 32.0 Å². The van der Waals surface area contributed by atoms with E-state index in [4.69, 9.17) is 0 Å². The van der Waals surface area contributed by atoms with Gasteiger partial charge < -0.3 is 9.80 Å². The number of benzene rings is 1. The molecular weight excluding hydrogens is 312 g/mol. The van der Waals surface area contributed by atoms with Gasteiger partial charge in [0.1, 0.15) is 0 Å². The van der Waals surface area contributed by atoms with Gasteiger partial charge in [0.2, 0.25) is 11.8 Å². The summed E-state index contributed by atoms with van der Waals surface area (Å²) < 4.78 is 0. The average molecular weight is 342 g/mol. The molecule has 25 heavy (non-hydrogen) atoms. The van der Waals surface area contributed by atoms with Crippen LogP contribution in [0, 0.1) is 5.92 Å². The summed E-state index contributed by atoms with van der Waals surface area (Å²) in [5.74, 6) is 0.798. The van der Waals surface area contributed by atoms with E-state index in [1.807, 2.05) is 9.80 Å². The van der Waals surface area contributed by atoms with Gasteiger partial charge in [-0.25, -0.2) is 0 Å². The van der Waals surface area contributed by atoms with Crippen molar-refractivity contribution >= 4 is 11.8 Å². The predicted molar refractivity (Wildman–Crippen MR) is 99.4 cm³/mol. The van der Waals surface area contributed by atoms with Crippen molar-refractivity contribution in [2.45, 2.75) is 52.4 Å². The lowest BCUT2D eigenvalue weighted by molar-refractivity contribution is -0.133. The normalized spacial score (nSPS) is 17.6. The Hall–Kier alpha value is -1.84. The standard InChI is InChI=1S/C21H30N2O2/c1-16(2)13-20(24)22-9-4-10-23(12-11-22)21(25)15-17-7-8-18-5-3-6-19(18)14-17/h7-8,14,16H,3-6,9-13,15H2,1-2H3. The second-order valence-electron chi connectivity index (χ2n) is 7.85. The number of hydrogen-bond acceptors (Lipinski definition) is 2. The first kappa shape index (κ1) is 18.0. The van der Waals surface area contributed by atoms with Crippen LogP contribution in [0.25, 0.3) is 0 Å². The summed E-state index contributed by atoms with van der Waals surface area (Å²) in [5, 5.41) is 0. The molecule has 0 bridgehead atoms. The highest BCUT2D eigenvalue weighted by atomic mass is 16.2. The molecule has 0 atom stereocenters. The molecule has 0 unspecified atom stereocenters. The van der Waals surface area contributed by atoms with Gasteiger partial charge in [-0.05, 0) is 48.3 Å². The highest BCUT2D eigenvalue weighted by molar-refractivity contribution is 5.79. The Morgan fingerprint density at radius 3 is 2.32 bits per heavy atom. The molecule has 1 aliphatic carbocycles. The number of hydrogen-bond donors (Lipinski definition) is 0. The zero-order chi connectivity index (χ0) is 17.8. The molecule has 1 fully saturated rings. The van der Waals surface area contributed by atoms with Gasteiger partial charge in [0.25, 0.3) is 0 Å². The fraction of sp³-hybridized carbons (Fsp3) is 0.619. The van der Waals surface area contributed by atoms with Crippen LogP contribution in [-0.4, -0.2) is 47.8 Å². The van der Waals surface area contributed by atoms with Gasteiger partial charge in [0, 0.05) is 32.6 Å². The fourth-order valence-electron chi connectivity index (χ4n) is 3.92. The van der Waals surface area contributed by atoms with Crippen molar-refractivity contribution in [1.29, 1.82) is 0 Å². The second-order valence-corrected chi connectivity index (χ2v) is 7.85. The SMILES string of the molecule is CC(C)CC(=O)N1CCCN(C(=O)Cc2ccc3c(c2)CCC3)CC1. The van der Waals surface area contributed by atoms with Crippen molar-refractivity contribution in [1.82, 2.24) is 9.80 Å². The summed E-state index contributed by atoms with van der Waals surface area (Å²) in [7, 11) is 0. The maximum Gasteiger partial charge on any atom is 0.227 e. The Labute approximate surface area is 151 Å². The highest BCUT2D eigenvalue weighted by Gasteiger charge is 2.22. The molecule has 0 radical (unpaired) electrons. The summed E-state index contributed by atoms with van der Waals surface area (Å²) in [5.41, 5.74) is 4.00. The third-order valence-electron chi connectivity index (χ3n) is 5.30. The quantitative estimate of drug-likeness (QED) is 0.844. The summed E-state index contributed by atoms with van der Waals surface area (Å²) >= 11 is 0. The van der Waals surface area contributed by atoms with Gasteiger partial charge in [-0.2, -0.15) is 0 Å². The second kappa shape index (κ2) is 8.03. The Morgan fingerprint density at radius 2 is 1.60 bits per heavy atom. The lowest BCUT2D eigenvalue weighted by Crippen LogP contribution is -2.38. The molecule has 1 saturated heterocycles. The number of carbonyl (C=O) groups excluding carboxylic acids is 2. The van der Waals surface area contributed by atoms with E-state index < -0.39 is 0 Å². The first-order valence-electron chi connectivity index (χ1n) is 9.69. The Bertz CT molecular complexity index is 639. The van der Waals surface area contributed by atoms with E-state index in [1.54, 1.807) is 0 Å². The van der Waals surface area contributed by atoms with Gasteiger partial charge >= 0.3 is 0 Å². The number of carbonyl (C=O) groups is 2. The minimum absolute atomic E-state index is 0.191. The van der Waals surface area contributed by atoms with Crippen molar-refractivity contribution in [2.24, 2.45) is 5.92 Å². The van der Waals surface area contributed by atoms with Crippen LogP contribution in [0.5, 0.6) is 0 Å². The van der Waals surface area contributed by atoms with Gasteiger partial charge in [-0.15, -0.1) is 0 Å². The molecule has 2 amide bonds. The molecule has 1 aliphatic heterocycles. The van der Waals surface area contributed by atoms with E-state index in [0.717, 1.165) is 31.5 Å². The lowest BCUT2D eigenvalue weighted by Gasteiger charge is -2.23. The monoisotopic (exact) mass is 342 g/mol. The molecule has 2 aliphatic rings. The summed E-state index contributed by atoms with van der Waals surface area (Å²) in [4.78, 5) is 28.8. The third kappa shape index (κ3) is 4.62. The van der Waals surface area contributed by atoms with Crippen LogP contribution >= 0.6 is 0 Å². The molecule has 0 saturated carbocycles. The van der Waals surface area contributed by atoms with Crippen molar-refractivity contribution in [3.8, 4) is 0 Å². The smallest absolute Gasteiger partial charge is 0.227 e. The zero-order valence-electron chi connectivity index (χ0n) is 15.6. The number of amides is 2. The van der Waals surface area contributed by atoms with E-state index in [1.165, 1.54) is 24.0 Å². The highest BCUT2D eigenvalue weighted by Crippen LogP contribution is 2.23.